The molecular weight excluding hydrogens is 604 g/mol. The van der Waals surface area contributed by atoms with E-state index in [-0.39, 0.29) is 29.4 Å². The first-order valence-electron chi connectivity index (χ1n) is 14.6. The van der Waals surface area contributed by atoms with Crippen molar-refractivity contribution in [3.63, 3.8) is 0 Å². The Balaban J connectivity index is 1.80. The molecule has 0 aliphatic heterocycles. The minimum absolute atomic E-state index is 0.0309. The van der Waals surface area contributed by atoms with E-state index in [2.05, 4.69) is 4.98 Å². The van der Waals surface area contributed by atoms with Crippen molar-refractivity contribution in [2.45, 2.75) is 59.2 Å². The van der Waals surface area contributed by atoms with Crippen molar-refractivity contribution in [3.05, 3.63) is 77.6 Å². The van der Waals surface area contributed by atoms with E-state index in [4.69, 9.17) is 28.4 Å². The van der Waals surface area contributed by atoms with Crippen LogP contribution in [-0.2, 0) is 25.5 Å². The van der Waals surface area contributed by atoms with Gasteiger partial charge in [0, 0.05) is 37.6 Å². The van der Waals surface area contributed by atoms with E-state index in [1.807, 2.05) is 12.1 Å². The zero-order valence-electron chi connectivity index (χ0n) is 26.9. The Hall–Kier alpha value is -4.74. The average molecular weight is 644 g/mol. The molecule has 0 fully saturated rings. The summed E-state index contributed by atoms with van der Waals surface area (Å²) in [5.41, 5.74) is -0.346. The molecule has 0 aliphatic carbocycles. The van der Waals surface area contributed by atoms with Crippen LogP contribution in [0.1, 0.15) is 57.1 Å². The lowest BCUT2D eigenvalue weighted by atomic mass is 9.81. The smallest absolute Gasteiger partial charge is 0.309 e. The topological polar surface area (TPSA) is 119 Å². The molecule has 10 nitrogen and oxygen atoms in total. The van der Waals surface area contributed by atoms with Gasteiger partial charge in [-0.1, -0.05) is 19.1 Å². The van der Waals surface area contributed by atoms with Gasteiger partial charge in [0.2, 0.25) is 6.79 Å². The lowest BCUT2D eigenvalue weighted by Crippen LogP contribution is -2.46. The predicted molar refractivity (Wildman–Crippen MR) is 163 cm³/mol. The zero-order chi connectivity index (χ0) is 34.0. The molecule has 12 heteroatoms. The van der Waals surface area contributed by atoms with Gasteiger partial charge in [0.1, 0.15) is 23.3 Å². The number of nitrogens with zero attached hydrogens (tertiary/aromatic N) is 1. The molecule has 3 aromatic rings. The summed E-state index contributed by atoms with van der Waals surface area (Å²) in [6.07, 6.45) is 0.659. The number of hydrogen-bond donors (Lipinski definition) is 0. The van der Waals surface area contributed by atoms with Gasteiger partial charge in [-0.3, -0.25) is 14.4 Å². The van der Waals surface area contributed by atoms with Crippen LogP contribution in [0.4, 0.5) is 8.78 Å². The number of carbonyl (C=O) groups is 3. The summed E-state index contributed by atoms with van der Waals surface area (Å²) >= 11 is 0. The fraction of sp³-hybridized carbons (Fsp3) is 0.412. The van der Waals surface area contributed by atoms with Crippen LogP contribution < -0.4 is 18.9 Å². The fourth-order valence-electron chi connectivity index (χ4n) is 4.85. The van der Waals surface area contributed by atoms with Gasteiger partial charge in [0.15, 0.2) is 34.5 Å². The molecule has 0 radical (unpaired) electrons. The summed E-state index contributed by atoms with van der Waals surface area (Å²) in [7, 11) is 2.93. The average Bonchev–Trinajstić information content (AvgIpc) is 3.01. The Morgan fingerprint density at radius 3 is 2.24 bits per heavy atom. The van der Waals surface area contributed by atoms with Gasteiger partial charge < -0.3 is 28.4 Å². The maximum Gasteiger partial charge on any atom is 0.309 e. The van der Waals surface area contributed by atoms with E-state index in [1.54, 1.807) is 46.9 Å². The molecule has 248 valence electrons. The minimum Gasteiger partial charge on any atom is -0.497 e. The lowest BCUT2D eigenvalue weighted by Gasteiger charge is -2.38. The summed E-state index contributed by atoms with van der Waals surface area (Å²) in [6.45, 7) is 7.43. The molecule has 0 saturated carbocycles. The van der Waals surface area contributed by atoms with E-state index in [1.165, 1.54) is 32.4 Å². The molecule has 46 heavy (non-hydrogen) atoms. The van der Waals surface area contributed by atoms with E-state index in [9.17, 15) is 23.2 Å². The molecule has 0 spiro atoms. The number of pyridine rings is 1. The normalized spacial score (nSPS) is 13.2. The van der Waals surface area contributed by atoms with Crippen molar-refractivity contribution >= 4 is 17.7 Å². The molecule has 1 aromatic heterocycles. The first-order chi connectivity index (χ1) is 21.7. The van der Waals surface area contributed by atoms with Gasteiger partial charge in [-0.15, -0.1) is 0 Å². The molecule has 3 rings (SSSR count). The lowest BCUT2D eigenvalue weighted by molar-refractivity contribution is -0.159. The Kier molecular flexibility index (Phi) is 12.4. The van der Waals surface area contributed by atoms with Gasteiger partial charge in [-0.05, 0) is 57.0 Å². The van der Waals surface area contributed by atoms with Gasteiger partial charge >= 0.3 is 11.9 Å². The number of benzene rings is 2. The van der Waals surface area contributed by atoms with Crippen molar-refractivity contribution in [1.29, 1.82) is 0 Å². The van der Waals surface area contributed by atoms with Crippen LogP contribution in [0.5, 0.6) is 23.0 Å². The zero-order valence-corrected chi connectivity index (χ0v) is 26.9. The molecule has 0 unspecified atom stereocenters. The molecule has 0 N–H and O–H groups in total. The quantitative estimate of drug-likeness (QED) is 0.102. The Morgan fingerprint density at radius 2 is 1.63 bits per heavy atom. The maximum atomic E-state index is 14.6. The monoisotopic (exact) mass is 643 g/mol. The SMILES string of the molecule is COc1ccc(C[C@@H]([C@H](C)OC(=O)[C@H](C)CC(=O)c2nccc(OC)c2OCOC(C)=O)C(C)(C)Oc2ccc(F)cc2F)cc1. The van der Waals surface area contributed by atoms with Crippen molar-refractivity contribution in [2.75, 3.05) is 21.0 Å². The number of halogens is 2. The molecule has 0 saturated heterocycles. The second-order valence-electron chi connectivity index (χ2n) is 11.2. The van der Waals surface area contributed by atoms with Crippen LogP contribution in [0, 0.1) is 23.5 Å². The van der Waals surface area contributed by atoms with E-state index in [0.29, 0.717) is 12.2 Å². The first-order valence-corrected chi connectivity index (χ1v) is 14.6. The van der Waals surface area contributed by atoms with Crippen molar-refractivity contribution in [3.8, 4) is 23.0 Å². The van der Waals surface area contributed by atoms with E-state index < -0.39 is 59.7 Å². The van der Waals surface area contributed by atoms with Crippen LogP contribution in [0.15, 0.2) is 54.7 Å². The number of carbonyl (C=O) groups excluding carboxylic acids is 3. The largest absolute Gasteiger partial charge is 0.497 e. The number of Topliss-reactive ketones (excluding diaryl/α,β-unsaturated/α-hetero) is 1. The summed E-state index contributed by atoms with van der Waals surface area (Å²) < 4.78 is 60.9. The highest BCUT2D eigenvalue weighted by molar-refractivity contribution is 5.99. The summed E-state index contributed by atoms with van der Waals surface area (Å²) in [4.78, 5) is 41.9. The fourth-order valence-corrected chi connectivity index (χ4v) is 4.85. The summed E-state index contributed by atoms with van der Waals surface area (Å²) in [5, 5.41) is 0. The van der Waals surface area contributed by atoms with Crippen molar-refractivity contribution < 1.29 is 51.6 Å². The summed E-state index contributed by atoms with van der Waals surface area (Å²) in [5.74, 6) is -4.13. The standard InChI is InChI=1S/C34H39F2NO9/c1-20(16-28(39)31-32(44-19-43-22(3)38)30(42-7)14-15-37-31)33(40)45-21(2)26(17-23-8-11-25(41-6)12-9-23)34(4,5)46-29-13-10-24(35)18-27(29)36/h8-15,18,20-21,26H,16-17,19H2,1-7H3/t20-,21+,26+/m1/s1. The number of ether oxygens (including phenoxy) is 6. The second-order valence-corrected chi connectivity index (χ2v) is 11.2. The van der Waals surface area contributed by atoms with Gasteiger partial charge in [0.25, 0.3) is 0 Å². The number of esters is 2. The number of aromatic nitrogens is 1. The van der Waals surface area contributed by atoms with Crippen molar-refractivity contribution in [1.82, 2.24) is 4.98 Å². The Bertz CT molecular complexity index is 1510. The van der Waals surface area contributed by atoms with Gasteiger partial charge in [0.05, 0.1) is 20.1 Å². The molecule has 0 aliphatic rings. The minimum atomic E-state index is -1.12. The predicted octanol–water partition coefficient (Wildman–Crippen LogP) is 6.13. The van der Waals surface area contributed by atoms with Gasteiger partial charge in [-0.25, -0.2) is 13.8 Å². The molecule has 1 heterocycles. The Labute approximate surface area is 266 Å². The molecule has 0 bridgehead atoms. The third kappa shape index (κ3) is 9.63. The number of methoxy groups -OCH3 is 2. The van der Waals surface area contributed by atoms with Crippen LogP contribution in [0.3, 0.4) is 0 Å². The first kappa shape index (κ1) is 35.7. The van der Waals surface area contributed by atoms with E-state index >= 15 is 0 Å². The van der Waals surface area contributed by atoms with E-state index in [0.717, 1.165) is 17.7 Å². The molecule has 2 aromatic carbocycles. The Morgan fingerprint density at radius 1 is 0.935 bits per heavy atom. The highest BCUT2D eigenvalue weighted by atomic mass is 19.1. The molecule has 3 atom stereocenters. The van der Waals surface area contributed by atoms with Gasteiger partial charge in [-0.2, -0.15) is 0 Å². The second kappa shape index (κ2) is 16.0. The number of rotatable bonds is 16. The highest BCUT2D eigenvalue weighted by Crippen LogP contribution is 2.34. The highest BCUT2D eigenvalue weighted by Gasteiger charge is 2.39. The third-order valence-corrected chi connectivity index (χ3v) is 7.36. The van der Waals surface area contributed by atoms with Crippen LogP contribution in [0.2, 0.25) is 0 Å². The number of ketones is 1. The van der Waals surface area contributed by atoms with Crippen LogP contribution in [-0.4, -0.2) is 55.4 Å². The number of hydrogen-bond acceptors (Lipinski definition) is 10. The van der Waals surface area contributed by atoms with Crippen LogP contribution >= 0.6 is 0 Å². The third-order valence-electron chi connectivity index (χ3n) is 7.36. The molecule has 0 amide bonds. The maximum absolute atomic E-state index is 14.6. The van der Waals surface area contributed by atoms with Crippen LogP contribution in [0.25, 0.3) is 0 Å². The van der Waals surface area contributed by atoms with Crippen molar-refractivity contribution in [2.24, 2.45) is 11.8 Å². The summed E-state index contributed by atoms with van der Waals surface area (Å²) in [6, 6.07) is 11.8. The molecular formula is C34H39F2NO9.